The largest absolute Gasteiger partial charge is 0.496 e. The highest BCUT2D eigenvalue weighted by atomic mass is 16.5. The molecule has 0 atom stereocenters. The van der Waals surface area contributed by atoms with E-state index in [1.54, 1.807) is 18.9 Å². The summed E-state index contributed by atoms with van der Waals surface area (Å²) in [7, 11) is 1.65. The lowest BCUT2D eigenvalue weighted by Crippen LogP contribution is -2.39. The zero-order chi connectivity index (χ0) is 15.9. The molecular formula is C17H24N2O3. The van der Waals surface area contributed by atoms with E-state index in [0.29, 0.717) is 19.6 Å². The Balaban J connectivity index is 1.80. The lowest BCUT2D eigenvalue weighted by atomic mass is 10.1. The van der Waals surface area contributed by atoms with E-state index in [9.17, 15) is 9.59 Å². The van der Waals surface area contributed by atoms with Gasteiger partial charge in [-0.3, -0.25) is 9.59 Å². The van der Waals surface area contributed by atoms with Gasteiger partial charge in [-0.2, -0.15) is 0 Å². The van der Waals surface area contributed by atoms with Crippen LogP contribution in [0.2, 0.25) is 0 Å². The van der Waals surface area contributed by atoms with E-state index in [1.807, 2.05) is 24.3 Å². The molecule has 1 aliphatic rings. The van der Waals surface area contributed by atoms with Crippen LogP contribution in [0.15, 0.2) is 24.3 Å². The summed E-state index contributed by atoms with van der Waals surface area (Å²) < 4.78 is 5.32. The summed E-state index contributed by atoms with van der Waals surface area (Å²) in [4.78, 5) is 25.1. The Morgan fingerprint density at radius 3 is 2.64 bits per heavy atom. The van der Waals surface area contributed by atoms with E-state index < -0.39 is 0 Å². The fourth-order valence-electron chi connectivity index (χ4n) is 2.40. The molecule has 0 bridgehead atoms. The summed E-state index contributed by atoms with van der Waals surface area (Å²) in [5.41, 5.74) is 1.08. The zero-order valence-electron chi connectivity index (χ0n) is 13.3. The van der Waals surface area contributed by atoms with Crippen molar-refractivity contribution in [2.45, 2.75) is 26.2 Å². The van der Waals surface area contributed by atoms with Crippen molar-refractivity contribution in [1.29, 1.82) is 0 Å². The van der Waals surface area contributed by atoms with Crippen molar-refractivity contribution in [1.82, 2.24) is 10.2 Å². The highest BCUT2D eigenvalue weighted by Crippen LogP contribution is 2.28. The van der Waals surface area contributed by atoms with Gasteiger partial charge in [0.25, 0.3) is 0 Å². The summed E-state index contributed by atoms with van der Waals surface area (Å²) in [6.07, 6.45) is 2.73. The van der Waals surface area contributed by atoms with Gasteiger partial charge in [0.1, 0.15) is 5.75 Å². The number of carbonyl (C=O) groups excluding carboxylic acids is 2. The van der Waals surface area contributed by atoms with Crippen molar-refractivity contribution < 1.29 is 14.3 Å². The van der Waals surface area contributed by atoms with E-state index in [0.717, 1.165) is 30.6 Å². The Bertz CT molecular complexity index is 526. The number of para-hydroxylation sites is 1. The van der Waals surface area contributed by atoms with Gasteiger partial charge in [0.15, 0.2) is 0 Å². The zero-order valence-corrected chi connectivity index (χ0v) is 13.3. The maximum atomic E-state index is 11.7. The molecule has 2 amide bonds. The molecule has 0 aromatic heterocycles. The maximum Gasteiger partial charge on any atom is 0.223 e. The molecule has 1 aromatic rings. The van der Waals surface area contributed by atoms with E-state index in [2.05, 4.69) is 5.32 Å². The van der Waals surface area contributed by atoms with Crippen molar-refractivity contribution in [3.05, 3.63) is 29.8 Å². The molecule has 5 nitrogen and oxygen atoms in total. The Hall–Kier alpha value is -2.04. The standard InChI is InChI=1S/C17H24N2O3/c1-13(20)19(12-10-18-17(21)15-7-8-15)11-9-14-5-3-4-6-16(14)22-2/h3-6,15H,7-12H2,1-2H3,(H,18,21). The van der Waals surface area contributed by atoms with Crippen LogP contribution in [0.25, 0.3) is 0 Å². The Labute approximate surface area is 131 Å². The van der Waals surface area contributed by atoms with Gasteiger partial charge in [-0.05, 0) is 30.9 Å². The predicted octanol–water partition coefficient (Wildman–Crippen LogP) is 1.61. The first kappa shape index (κ1) is 16.3. The molecule has 2 rings (SSSR count). The average Bonchev–Trinajstić information content (AvgIpc) is 3.35. The lowest BCUT2D eigenvalue weighted by molar-refractivity contribution is -0.129. The molecule has 0 saturated heterocycles. The van der Waals surface area contributed by atoms with Gasteiger partial charge in [-0.15, -0.1) is 0 Å². The second kappa shape index (κ2) is 7.82. The van der Waals surface area contributed by atoms with Crippen molar-refractivity contribution >= 4 is 11.8 Å². The minimum atomic E-state index is 0.0237. The molecule has 1 N–H and O–H groups in total. The molecule has 1 fully saturated rings. The van der Waals surface area contributed by atoms with Gasteiger partial charge in [0, 0.05) is 32.5 Å². The lowest BCUT2D eigenvalue weighted by Gasteiger charge is -2.21. The average molecular weight is 304 g/mol. The van der Waals surface area contributed by atoms with Crippen LogP contribution in [-0.2, 0) is 16.0 Å². The van der Waals surface area contributed by atoms with Crippen molar-refractivity contribution in [2.24, 2.45) is 5.92 Å². The van der Waals surface area contributed by atoms with Crippen LogP contribution in [0.4, 0.5) is 0 Å². The van der Waals surface area contributed by atoms with Crippen LogP contribution in [0, 0.1) is 5.92 Å². The fraction of sp³-hybridized carbons (Fsp3) is 0.529. The van der Waals surface area contributed by atoms with Crippen molar-refractivity contribution in [3.63, 3.8) is 0 Å². The molecule has 1 aromatic carbocycles. The van der Waals surface area contributed by atoms with Crippen LogP contribution in [0.5, 0.6) is 5.75 Å². The van der Waals surface area contributed by atoms with Gasteiger partial charge in [0.2, 0.25) is 11.8 Å². The van der Waals surface area contributed by atoms with Crippen LogP contribution < -0.4 is 10.1 Å². The SMILES string of the molecule is COc1ccccc1CCN(CCNC(=O)C1CC1)C(C)=O. The summed E-state index contributed by atoms with van der Waals surface area (Å²) >= 11 is 0. The number of nitrogens with zero attached hydrogens (tertiary/aromatic N) is 1. The number of ether oxygens (including phenoxy) is 1. The van der Waals surface area contributed by atoms with Gasteiger partial charge < -0.3 is 15.0 Å². The first-order chi connectivity index (χ1) is 10.6. The molecule has 1 aliphatic carbocycles. The Morgan fingerprint density at radius 1 is 1.27 bits per heavy atom. The molecule has 1 saturated carbocycles. The number of hydrogen-bond acceptors (Lipinski definition) is 3. The smallest absolute Gasteiger partial charge is 0.223 e. The van der Waals surface area contributed by atoms with Gasteiger partial charge >= 0.3 is 0 Å². The molecule has 120 valence electrons. The van der Waals surface area contributed by atoms with Crippen molar-refractivity contribution in [3.8, 4) is 5.75 Å². The minimum absolute atomic E-state index is 0.0237. The topological polar surface area (TPSA) is 58.6 Å². The van der Waals surface area contributed by atoms with Crippen LogP contribution in [0.3, 0.4) is 0 Å². The molecule has 0 heterocycles. The summed E-state index contributed by atoms with van der Waals surface area (Å²) in [6, 6.07) is 7.82. The van der Waals surface area contributed by atoms with E-state index in [1.165, 1.54) is 0 Å². The van der Waals surface area contributed by atoms with Crippen LogP contribution >= 0.6 is 0 Å². The van der Waals surface area contributed by atoms with Gasteiger partial charge in [0.05, 0.1) is 7.11 Å². The fourth-order valence-corrected chi connectivity index (χ4v) is 2.40. The second-order valence-corrected chi connectivity index (χ2v) is 5.63. The maximum absolute atomic E-state index is 11.7. The van der Waals surface area contributed by atoms with E-state index in [4.69, 9.17) is 4.74 Å². The van der Waals surface area contributed by atoms with E-state index >= 15 is 0 Å². The van der Waals surface area contributed by atoms with Crippen molar-refractivity contribution in [2.75, 3.05) is 26.7 Å². The molecule has 0 aliphatic heterocycles. The van der Waals surface area contributed by atoms with Gasteiger partial charge in [-0.25, -0.2) is 0 Å². The number of rotatable bonds is 8. The Kier molecular flexibility index (Phi) is 5.81. The monoisotopic (exact) mass is 304 g/mol. The number of carbonyl (C=O) groups is 2. The third-order valence-electron chi connectivity index (χ3n) is 3.92. The second-order valence-electron chi connectivity index (χ2n) is 5.63. The molecule has 0 unspecified atom stereocenters. The minimum Gasteiger partial charge on any atom is -0.496 e. The molecule has 0 spiro atoms. The molecular weight excluding hydrogens is 280 g/mol. The third kappa shape index (κ3) is 4.76. The van der Waals surface area contributed by atoms with Gasteiger partial charge in [-0.1, -0.05) is 18.2 Å². The highest BCUT2D eigenvalue weighted by molar-refractivity contribution is 5.80. The quantitative estimate of drug-likeness (QED) is 0.794. The molecule has 5 heteroatoms. The third-order valence-corrected chi connectivity index (χ3v) is 3.92. The predicted molar refractivity (Wildman–Crippen MR) is 84.7 cm³/mol. The summed E-state index contributed by atoms with van der Waals surface area (Å²) in [5.74, 6) is 1.19. The first-order valence-electron chi connectivity index (χ1n) is 7.77. The van der Waals surface area contributed by atoms with Crippen LogP contribution in [-0.4, -0.2) is 43.5 Å². The molecule has 22 heavy (non-hydrogen) atoms. The number of methoxy groups -OCH3 is 1. The Morgan fingerprint density at radius 2 is 2.00 bits per heavy atom. The summed E-state index contributed by atoms with van der Waals surface area (Å²) in [6.45, 7) is 3.24. The number of hydrogen-bond donors (Lipinski definition) is 1. The number of amides is 2. The highest BCUT2D eigenvalue weighted by Gasteiger charge is 2.29. The van der Waals surface area contributed by atoms with E-state index in [-0.39, 0.29) is 17.7 Å². The van der Waals surface area contributed by atoms with Crippen LogP contribution in [0.1, 0.15) is 25.3 Å². The number of nitrogens with one attached hydrogen (secondary N) is 1. The molecule has 0 radical (unpaired) electrons. The number of benzene rings is 1. The summed E-state index contributed by atoms with van der Waals surface area (Å²) in [5, 5.41) is 2.89. The first-order valence-corrected chi connectivity index (χ1v) is 7.77. The normalized spacial score (nSPS) is 13.5.